The number of aromatic nitrogens is 2. The van der Waals surface area contributed by atoms with Crippen molar-refractivity contribution in [1.82, 2.24) is 9.97 Å². The largest absolute Gasteiger partial charge is 0.396 e. The minimum absolute atomic E-state index is 0.0824. The lowest BCUT2D eigenvalue weighted by Crippen LogP contribution is -2.26. The Bertz CT molecular complexity index is 1500. The first-order valence-corrected chi connectivity index (χ1v) is 17.1. The van der Waals surface area contributed by atoms with Crippen LogP contribution in [0.2, 0.25) is 0 Å². The maximum Gasteiger partial charge on any atom is 0.237 e. The van der Waals surface area contributed by atoms with Crippen LogP contribution in [0.25, 0.3) is 21.8 Å². The van der Waals surface area contributed by atoms with Crippen molar-refractivity contribution < 1.29 is 13.6 Å². The molecule has 0 aliphatic heterocycles. The second-order valence-corrected chi connectivity index (χ2v) is 12.7. The number of anilines is 2. The van der Waals surface area contributed by atoms with Crippen molar-refractivity contribution in [3.63, 3.8) is 0 Å². The number of nitrogens with zero attached hydrogens (tertiary/aromatic N) is 2. The number of benzene rings is 2. The average Bonchev–Trinajstić information content (AvgIpc) is 3.01. The van der Waals surface area contributed by atoms with E-state index in [0.29, 0.717) is 16.3 Å². The molecule has 3 N–H and O–H groups in total. The number of hydrogen-bond donors (Lipinski definition) is 2. The van der Waals surface area contributed by atoms with E-state index in [-0.39, 0.29) is 22.5 Å². The lowest BCUT2D eigenvalue weighted by Gasteiger charge is -2.18. The summed E-state index contributed by atoms with van der Waals surface area (Å²) in [7, 11) is 0. The van der Waals surface area contributed by atoms with Crippen LogP contribution in [0.4, 0.5) is 20.2 Å². The highest BCUT2D eigenvalue weighted by Crippen LogP contribution is 2.28. The van der Waals surface area contributed by atoms with E-state index in [1.54, 1.807) is 30.0 Å². The number of thioether (sulfide) groups is 1. The van der Waals surface area contributed by atoms with E-state index >= 15 is 0 Å². The second kappa shape index (κ2) is 18.5. The minimum atomic E-state index is -0.405. The van der Waals surface area contributed by atoms with Gasteiger partial charge in [0.05, 0.1) is 27.7 Å². The van der Waals surface area contributed by atoms with Gasteiger partial charge in [0.2, 0.25) is 5.91 Å². The Morgan fingerprint density at radius 3 is 1.95 bits per heavy atom. The normalized spacial score (nSPS) is 11.8. The molecule has 4 rings (SSSR count). The molecule has 1 unspecified atom stereocenters. The van der Waals surface area contributed by atoms with E-state index in [9.17, 15) is 13.6 Å². The van der Waals surface area contributed by atoms with E-state index in [1.165, 1.54) is 57.1 Å². The van der Waals surface area contributed by atoms with Crippen molar-refractivity contribution in [3.05, 3.63) is 71.6 Å². The van der Waals surface area contributed by atoms with Crippen LogP contribution in [-0.4, -0.2) is 26.9 Å². The zero-order valence-electron chi connectivity index (χ0n) is 26.7. The molecule has 1 amide bonds. The highest BCUT2D eigenvalue weighted by Gasteiger charge is 2.21. The molecule has 4 aromatic rings. The predicted octanol–water partition coefficient (Wildman–Crippen LogP) is 10.3. The summed E-state index contributed by atoms with van der Waals surface area (Å²) in [4.78, 5) is 21.8. The molecule has 238 valence electrons. The standard InChI is InChI=1S/C26H39FN2OS.C10H9FN2/c1-4-6-8-10-11-12-14-24(31-19-13-9-7-5-2)26(30)29-25-21-16-15-20(3)28-23(21)18-17-22(25)27;1-6-2-3-7-9(13-6)5-4-8(11)10(7)12/h15-18,24H,4-14,19H2,1-3H3,(H,29,30);2-5H,12H2,1H3. The van der Waals surface area contributed by atoms with Crippen LogP contribution in [0.3, 0.4) is 0 Å². The fourth-order valence-electron chi connectivity index (χ4n) is 5.07. The Morgan fingerprint density at radius 1 is 0.750 bits per heavy atom. The summed E-state index contributed by atoms with van der Waals surface area (Å²) in [6.45, 7) is 8.22. The number of halogens is 2. The number of carbonyl (C=O) groups excluding carboxylic acids is 1. The summed E-state index contributed by atoms with van der Waals surface area (Å²) in [5.41, 5.74) is 9.20. The van der Waals surface area contributed by atoms with Crippen molar-refractivity contribution in [2.75, 3.05) is 16.8 Å². The molecule has 0 saturated carbocycles. The van der Waals surface area contributed by atoms with Crippen LogP contribution in [-0.2, 0) is 4.79 Å². The smallest absolute Gasteiger partial charge is 0.237 e. The predicted molar refractivity (Wildman–Crippen MR) is 184 cm³/mol. The summed E-state index contributed by atoms with van der Waals surface area (Å²) >= 11 is 1.73. The Kier molecular flexibility index (Phi) is 14.8. The molecule has 2 aromatic heterocycles. The highest BCUT2D eigenvalue weighted by atomic mass is 32.2. The Labute approximate surface area is 265 Å². The van der Waals surface area contributed by atoms with Crippen LogP contribution in [0, 0.1) is 25.5 Å². The molecular formula is C36H48F2N4OS. The van der Waals surface area contributed by atoms with E-state index in [0.717, 1.165) is 48.3 Å². The van der Waals surface area contributed by atoms with Gasteiger partial charge in [-0.2, -0.15) is 0 Å². The van der Waals surface area contributed by atoms with Crippen LogP contribution in [0.5, 0.6) is 0 Å². The van der Waals surface area contributed by atoms with Crippen molar-refractivity contribution in [2.45, 2.75) is 104 Å². The van der Waals surface area contributed by atoms with Gasteiger partial charge in [-0.25, -0.2) is 8.78 Å². The molecule has 0 bridgehead atoms. The Balaban J connectivity index is 0.000000335. The van der Waals surface area contributed by atoms with Gasteiger partial charge < -0.3 is 11.1 Å². The SMILES string of the molecule is CCCCCCCCC(SCCCCCC)C(=O)Nc1c(F)ccc2nc(C)ccc12.Cc1ccc2c(N)c(F)ccc2n1. The third kappa shape index (κ3) is 10.7. The van der Waals surface area contributed by atoms with Gasteiger partial charge in [-0.1, -0.05) is 71.6 Å². The molecule has 0 aliphatic rings. The number of nitrogens with two attached hydrogens (primary N) is 1. The molecule has 0 fully saturated rings. The zero-order valence-corrected chi connectivity index (χ0v) is 27.5. The first-order valence-electron chi connectivity index (χ1n) is 16.0. The lowest BCUT2D eigenvalue weighted by atomic mass is 10.1. The first kappa shape index (κ1) is 35.2. The number of amides is 1. The van der Waals surface area contributed by atoms with Crippen LogP contribution in [0.1, 0.15) is 95.9 Å². The number of hydrogen-bond acceptors (Lipinski definition) is 5. The molecule has 2 aromatic carbocycles. The van der Waals surface area contributed by atoms with Gasteiger partial charge in [-0.05, 0) is 81.0 Å². The van der Waals surface area contributed by atoms with Gasteiger partial charge in [-0.15, -0.1) is 11.8 Å². The maximum absolute atomic E-state index is 14.6. The van der Waals surface area contributed by atoms with Gasteiger partial charge >= 0.3 is 0 Å². The van der Waals surface area contributed by atoms with E-state index in [1.807, 2.05) is 32.0 Å². The summed E-state index contributed by atoms with van der Waals surface area (Å²) in [6.07, 6.45) is 12.9. The van der Waals surface area contributed by atoms with Gasteiger partial charge in [0.15, 0.2) is 0 Å². The fourth-order valence-corrected chi connectivity index (χ4v) is 6.27. The average molecular weight is 623 g/mol. The van der Waals surface area contributed by atoms with E-state index in [4.69, 9.17) is 5.73 Å². The first-order chi connectivity index (χ1) is 21.2. The van der Waals surface area contributed by atoms with E-state index in [2.05, 4.69) is 29.1 Å². The topological polar surface area (TPSA) is 80.9 Å². The van der Waals surface area contributed by atoms with E-state index < -0.39 is 11.6 Å². The molecule has 0 spiro atoms. The Morgan fingerprint density at radius 2 is 1.30 bits per heavy atom. The van der Waals surface area contributed by atoms with Crippen molar-refractivity contribution in [3.8, 4) is 0 Å². The maximum atomic E-state index is 14.6. The number of nitrogen functional groups attached to an aromatic ring is 1. The Hall–Kier alpha value is -3.26. The molecule has 0 aliphatic carbocycles. The molecule has 5 nitrogen and oxygen atoms in total. The zero-order chi connectivity index (χ0) is 31.9. The number of pyridine rings is 2. The number of rotatable bonds is 15. The number of fused-ring (bicyclic) bond motifs is 2. The molecule has 0 saturated heterocycles. The number of nitrogens with one attached hydrogen (secondary N) is 1. The molecule has 0 radical (unpaired) electrons. The minimum Gasteiger partial charge on any atom is -0.396 e. The number of aryl methyl sites for hydroxylation is 2. The van der Waals surface area contributed by atoms with Gasteiger partial charge in [0.1, 0.15) is 11.6 Å². The number of unbranched alkanes of at least 4 members (excludes halogenated alkanes) is 8. The highest BCUT2D eigenvalue weighted by molar-refractivity contribution is 8.00. The van der Waals surface area contributed by atoms with Crippen LogP contribution < -0.4 is 11.1 Å². The van der Waals surface area contributed by atoms with Crippen LogP contribution >= 0.6 is 11.8 Å². The van der Waals surface area contributed by atoms with Crippen LogP contribution in [0.15, 0.2) is 48.5 Å². The van der Waals surface area contributed by atoms with Gasteiger partial charge in [0.25, 0.3) is 0 Å². The number of carbonyl (C=O) groups is 1. The fraction of sp³-hybridized carbons (Fsp3) is 0.472. The summed E-state index contributed by atoms with van der Waals surface area (Å²) in [5, 5.41) is 4.10. The second-order valence-electron chi connectivity index (χ2n) is 11.4. The summed E-state index contributed by atoms with van der Waals surface area (Å²) < 4.78 is 27.6. The summed E-state index contributed by atoms with van der Waals surface area (Å²) in [5.74, 6) is 0.101. The summed E-state index contributed by atoms with van der Waals surface area (Å²) in [6, 6.07) is 13.3. The third-order valence-corrected chi connectivity index (χ3v) is 9.01. The van der Waals surface area contributed by atoms with Gasteiger partial charge in [0, 0.05) is 22.2 Å². The van der Waals surface area contributed by atoms with Crippen molar-refractivity contribution in [2.24, 2.45) is 0 Å². The quantitative estimate of drug-likeness (QED) is 0.102. The van der Waals surface area contributed by atoms with Crippen molar-refractivity contribution in [1.29, 1.82) is 0 Å². The van der Waals surface area contributed by atoms with Crippen molar-refractivity contribution >= 4 is 50.8 Å². The molecule has 1 atom stereocenters. The molecule has 44 heavy (non-hydrogen) atoms. The monoisotopic (exact) mass is 622 g/mol. The third-order valence-electron chi connectivity index (χ3n) is 7.64. The molecule has 8 heteroatoms. The molecule has 2 heterocycles. The molecular weight excluding hydrogens is 574 g/mol. The lowest BCUT2D eigenvalue weighted by molar-refractivity contribution is -0.115. The van der Waals surface area contributed by atoms with Gasteiger partial charge in [-0.3, -0.25) is 14.8 Å².